The zero-order chi connectivity index (χ0) is 9.47. The lowest BCUT2D eigenvalue weighted by Gasteiger charge is -2.40. The minimum absolute atomic E-state index is 0.163. The summed E-state index contributed by atoms with van der Waals surface area (Å²) in [6.07, 6.45) is 0. The van der Waals surface area contributed by atoms with E-state index in [1.807, 2.05) is 24.3 Å². The minimum Gasteiger partial charge on any atom is -0.359 e. The van der Waals surface area contributed by atoms with Crippen LogP contribution in [0.2, 0.25) is 0 Å². The first kappa shape index (κ1) is 8.94. The molecule has 1 fully saturated rings. The van der Waals surface area contributed by atoms with Gasteiger partial charge >= 0.3 is 0 Å². The van der Waals surface area contributed by atoms with Gasteiger partial charge in [0, 0.05) is 10.2 Å². The number of hydrogen-bond acceptors (Lipinski definition) is 1. The molecule has 2 rings (SSSR count). The van der Waals surface area contributed by atoms with Gasteiger partial charge in [0.15, 0.2) is 0 Å². The summed E-state index contributed by atoms with van der Waals surface area (Å²) in [4.78, 5) is 1.66. The first-order valence-electron chi connectivity index (χ1n) is 3.95. The molecule has 0 aromatic heterocycles. The number of nitrogens with zero attached hydrogens (tertiary/aromatic N) is 1. The first-order chi connectivity index (χ1) is 6.07. The highest BCUT2D eigenvalue weighted by molar-refractivity contribution is 9.10. The summed E-state index contributed by atoms with van der Waals surface area (Å²) in [6, 6.07) is 7.40. The van der Waals surface area contributed by atoms with Gasteiger partial charge < -0.3 is 4.90 Å². The maximum absolute atomic E-state index is 12.5. The van der Waals surface area contributed by atoms with Crippen molar-refractivity contribution in [2.24, 2.45) is 0 Å². The van der Waals surface area contributed by atoms with E-state index in [2.05, 4.69) is 15.9 Å². The molecule has 13 heavy (non-hydrogen) atoms. The number of alkyl halides is 2. The number of halogens is 3. The van der Waals surface area contributed by atoms with Gasteiger partial charge in [-0.25, -0.2) is 8.78 Å². The quantitative estimate of drug-likeness (QED) is 0.738. The molecule has 0 atom stereocenters. The molecule has 4 heteroatoms. The molecule has 1 aromatic carbocycles. The second-order valence-corrected chi connectivity index (χ2v) is 4.11. The number of hydrogen-bond donors (Lipinski definition) is 0. The van der Waals surface area contributed by atoms with E-state index in [0.29, 0.717) is 0 Å². The van der Waals surface area contributed by atoms with Crippen LogP contribution < -0.4 is 4.90 Å². The Bertz CT molecular complexity index is 319. The highest BCUT2D eigenvalue weighted by Gasteiger charge is 2.43. The zero-order valence-corrected chi connectivity index (χ0v) is 8.39. The third-order valence-electron chi connectivity index (χ3n) is 2.02. The Morgan fingerprint density at radius 2 is 2.00 bits per heavy atom. The fourth-order valence-electron chi connectivity index (χ4n) is 1.37. The van der Waals surface area contributed by atoms with Gasteiger partial charge in [-0.05, 0) is 18.2 Å². The van der Waals surface area contributed by atoms with Crippen molar-refractivity contribution in [2.45, 2.75) is 5.92 Å². The predicted molar refractivity (Wildman–Crippen MR) is 51.3 cm³/mol. The predicted octanol–water partition coefficient (Wildman–Crippen LogP) is 2.90. The lowest BCUT2D eigenvalue weighted by molar-refractivity contribution is -0.0262. The van der Waals surface area contributed by atoms with Crippen molar-refractivity contribution in [1.82, 2.24) is 0 Å². The molecule has 0 aliphatic carbocycles. The molecule has 1 heterocycles. The van der Waals surface area contributed by atoms with Crippen LogP contribution in [0.3, 0.4) is 0 Å². The third kappa shape index (κ3) is 1.82. The Morgan fingerprint density at radius 1 is 1.31 bits per heavy atom. The van der Waals surface area contributed by atoms with Gasteiger partial charge in [-0.1, -0.05) is 22.0 Å². The number of anilines is 1. The van der Waals surface area contributed by atoms with Crippen molar-refractivity contribution in [3.8, 4) is 0 Å². The van der Waals surface area contributed by atoms with Crippen LogP contribution in [-0.2, 0) is 0 Å². The van der Waals surface area contributed by atoms with Crippen LogP contribution in [0, 0.1) is 0 Å². The molecule has 1 saturated heterocycles. The normalized spacial score (nSPS) is 19.8. The summed E-state index contributed by atoms with van der Waals surface area (Å²) in [6.45, 7) is -0.326. The molecule has 0 N–H and O–H groups in total. The lowest BCUT2D eigenvalue weighted by atomic mass is 10.1. The van der Waals surface area contributed by atoms with Crippen molar-refractivity contribution in [3.05, 3.63) is 28.7 Å². The van der Waals surface area contributed by atoms with Gasteiger partial charge in [0.2, 0.25) is 0 Å². The lowest BCUT2D eigenvalue weighted by Crippen LogP contribution is -2.56. The summed E-state index contributed by atoms with van der Waals surface area (Å²) in [7, 11) is 0. The first-order valence-corrected chi connectivity index (χ1v) is 4.74. The summed E-state index contributed by atoms with van der Waals surface area (Å²) in [5.41, 5.74) is 0.848. The summed E-state index contributed by atoms with van der Waals surface area (Å²) in [5, 5.41) is 0. The van der Waals surface area contributed by atoms with Gasteiger partial charge in [0.1, 0.15) is 0 Å². The molecule has 0 amide bonds. The molecule has 1 aliphatic heterocycles. The van der Waals surface area contributed by atoms with E-state index >= 15 is 0 Å². The Morgan fingerprint density at radius 3 is 2.54 bits per heavy atom. The maximum Gasteiger partial charge on any atom is 0.282 e. The SMILES string of the molecule is FC1(F)CN(c2cccc(Br)c2)C1. The van der Waals surface area contributed by atoms with E-state index in [4.69, 9.17) is 0 Å². The average Bonchev–Trinajstić information content (AvgIpc) is 2.00. The molecule has 70 valence electrons. The van der Waals surface area contributed by atoms with Crippen LogP contribution in [-0.4, -0.2) is 19.0 Å². The molecule has 0 saturated carbocycles. The van der Waals surface area contributed by atoms with Crippen LogP contribution in [0.5, 0.6) is 0 Å². The zero-order valence-electron chi connectivity index (χ0n) is 6.80. The Kier molecular flexibility index (Phi) is 2.02. The fraction of sp³-hybridized carbons (Fsp3) is 0.333. The molecule has 1 aromatic rings. The van der Waals surface area contributed by atoms with Crippen molar-refractivity contribution in [1.29, 1.82) is 0 Å². The monoisotopic (exact) mass is 247 g/mol. The molecule has 0 unspecified atom stereocenters. The standard InChI is InChI=1S/C9H8BrF2N/c10-7-2-1-3-8(4-7)13-5-9(11,12)6-13/h1-4H,5-6H2. The topological polar surface area (TPSA) is 3.24 Å². The molecule has 0 bridgehead atoms. The van der Waals surface area contributed by atoms with Crippen LogP contribution in [0.15, 0.2) is 28.7 Å². The Labute approximate surface area is 83.5 Å². The molecule has 1 aliphatic rings. The van der Waals surface area contributed by atoms with E-state index in [0.717, 1.165) is 10.2 Å². The minimum atomic E-state index is -2.50. The van der Waals surface area contributed by atoms with Crippen LogP contribution in [0.1, 0.15) is 0 Å². The third-order valence-corrected chi connectivity index (χ3v) is 2.51. The molecule has 1 nitrogen and oxygen atoms in total. The highest BCUT2D eigenvalue weighted by Crippen LogP contribution is 2.32. The van der Waals surface area contributed by atoms with Crippen molar-refractivity contribution in [3.63, 3.8) is 0 Å². The summed E-state index contributed by atoms with van der Waals surface area (Å²) >= 11 is 3.30. The summed E-state index contributed by atoms with van der Waals surface area (Å²) in [5.74, 6) is -2.50. The fourth-order valence-corrected chi connectivity index (χ4v) is 1.75. The summed E-state index contributed by atoms with van der Waals surface area (Å²) < 4.78 is 26.0. The second kappa shape index (κ2) is 2.94. The van der Waals surface area contributed by atoms with Crippen LogP contribution >= 0.6 is 15.9 Å². The highest BCUT2D eigenvalue weighted by atomic mass is 79.9. The van der Waals surface area contributed by atoms with E-state index in [9.17, 15) is 8.78 Å². The second-order valence-electron chi connectivity index (χ2n) is 3.19. The number of rotatable bonds is 1. The van der Waals surface area contributed by atoms with Crippen LogP contribution in [0.25, 0.3) is 0 Å². The van der Waals surface area contributed by atoms with Crippen molar-refractivity contribution in [2.75, 3.05) is 18.0 Å². The molecular formula is C9H8BrF2N. The van der Waals surface area contributed by atoms with Gasteiger partial charge in [-0.3, -0.25) is 0 Å². The maximum atomic E-state index is 12.5. The van der Waals surface area contributed by atoms with Crippen LogP contribution in [0.4, 0.5) is 14.5 Å². The van der Waals surface area contributed by atoms with Gasteiger partial charge in [0.05, 0.1) is 13.1 Å². The Balaban J connectivity index is 2.11. The Hall–Kier alpha value is -0.640. The van der Waals surface area contributed by atoms with Crippen molar-refractivity contribution >= 4 is 21.6 Å². The largest absolute Gasteiger partial charge is 0.359 e. The van der Waals surface area contributed by atoms with E-state index in [1.165, 1.54) is 0 Å². The van der Waals surface area contributed by atoms with E-state index in [1.54, 1.807) is 4.90 Å². The average molecular weight is 248 g/mol. The molecular weight excluding hydrogens is 240 g/mol. The van der Waals surface area contributed by atoms with Gasteiger partial charge in [-0.2, -0.15) is 0 Å². The molecule has 0 radical (unpaired) electrons. The van der Waals surface area contributed by atoms with E-state index in [-0.39, 0.29) is 13.1 Å². The molecule has 0 spiro atoms. The van der Waals surface area contributed by atoms with Crippen molar-refractivity contribution < 1.29 is 8.78 Å². The van der Waals surface area contributed by atoms with E-state index < -0.39 is 5.92 Å². The smallest absolute Gasteiger partial charge is 0.282 e. The van der Waals surface area contributed by atoms with Gasteiger partial charge in [-0.15, -0.1) is 0 Å². The number of benzene rings is 1. The van der Waals surface area contributed by atoms with Gasteiger partial charge in [0.25, 0.3) is 5.92 Å².